The summed E-state index contributed by atoms with van der Waals surface area (Å²) in [6.07, 6.45) is 0. The van der Waals surface area contributed by atoms with Gasteiger partial charge >= 0.3 is 5.97 Å². The molecule has 1 aromatic heterocycles. The van der Waals surface area contributed by atoms with E-state index < -0.39 is 5.97 Å². The zero-order valence-corrected chi connectivity index (χ0v) is 17.8. The van der Waals surface area contributed by atoms with Gasteiger partial charge in [-0.1, -0.05) is 36.2 Å². The number of benzene rings is 1. The number of aromatic amines is 1. The Morgan fingerprint density at radius 1 is 1.18 bits per heavy atom. The SMILES string of the molecule is COCCOC(=O)c1c(C)[nH]c(C(=O)NCC(C)c2c(Cl)cccc2Cl)c1C. The van der Waals surface area contributed by atoms with E-state index in [0.29, 0.717) is 45.7 Å². The van der Waals surface area contributed by atoms with Crippen LogP contribution in [0.5, 0.6) is 0 Å². The molecule has 2 aromatic rings. The fourth-order valence-corrected chi connectivity index (χ4v) is 3.76. The number of carbonyl (C=O) groups excluding carboxylic acids is 2. The molecule has 0 radical (unpaired) electrons. The molecular weight excluding hydrogens is 403 g/mol. The van der Waals surface area contributed by atoms with Crippen molar-refractivity contribution < 1.29 is 19.1 Å². The summed E-state index contributed by atoms with van der Waals surface area (Å²) >= 11 is 12.5. The van der Waals surface area contributed by atoms with E-state index in [2.05, 4.69) is 10.3 Å². The van der Waals surface area contributed by atoms with Crippen molar-refractivity contribution in [2.45, 2.75) is 26.7 Å². The van der Waals surface area contributed by atoms with Crippen LogP contribution in [0.15, 0.2) is 18.2 Å². The molecule has 8 heteroatoms. The summed E-state index contributed by atoms with van der Waals surface area (Å²) in [4.78, 5) is 27.9. The first-order chi connectivity index (χ1) is 13.3. The standard InChI is InChI=1S/C20H24Cl2N2O4/c1-11(16-14(21)6-5-7-15(16)22)10-23-19(25)18-12(2)17(13(3)24-18)20(26)28-9-8-27-4/h5-7,11,24H,8-10H2,1-4H3,(H,23,25). The molecule has 0 bridgehead atoms. The van der Waals surface area contributed by atoms with E-state index >= 15 is 0 Å². The van der Waals surface area contributed by atoms with Crippen LogP contribution in [0.4, 0.5) is 0 Å². The van der Waals surface area contributed by atoms with Crippen molar-refractivity contribution in [3.05, 3.63) is 56.3 Å². The molecule has 0 aliphatic heterocycles. The molecule has 152 valence electrons. The molecule has 1 unspecified atom stereocenters. The number of aryl methyl sites for hydroxylation is 1. The highest BCUT2D eigenvalue weighted by Crippen LogP contribution is 2.31. The molecule has 0 saturated carbocycles. The smallest absolute Gasteiger partial charge is 0.340 e. The average molecular weight is 427 g/mol. The molecule has 2 rings (SSSR count). The predicted octanol–water partition coefficient (Wildman–Crippen LogP) is 4.28. The Kier molecular flexibility index (Phi) is 7.92. The van der Waals surface area contributed by atoms with Gasteiger partial charge in [-0.15, -0.1) is 0 Å². The van der Waals surface area contributed by atoms with Crippen LogP contribution in [0.1, 0.15) is 50.5 Å². The van der Waals surface area contributed by atoms with Gasteiger partial charge in [0, 0.05) is 35.3 Å². The third-order valence-corrected chi connectivity index (χ3v) is 5.11. The van der Waals surface area contributed by atoms with Crippen molar-refractivity contribution in [2.24, 2.45) is 0 Å². The average Bonchev–Trinajstić information content (AvgIpc) is 2.94. The number of carbonyl (C=O) groups is 2. The quantitative estimate of drug-likeness (QED) is 0.487. The van der Waals surface area contributed by atoms with Crippen molar-refractivity contribution in [2.75, 3.05) is 26.9 Å². The van der Waals surface area contributed by atoms with Crippen molar-refractivity contribution >= 4 is 35.1 Å². The molecule has 0 fully saturated rings. The number of hydrogen-bond acceptors (Lipinski definition) is 4. The summed E-state index contributed by atoms with van der Waals surface area (Å²) in [5, 5.41) is 3.98. The van der Waals surface area contributed by atoms with Gasteiger partial charge in [0.15, 0.2) is 0 Å². The first kappa shape index (κ1) is 22.3. The van der Waals surface area contributed by atoms with Crippen LogP contribution in [0.3, 0.4) is 0 Å². The van der Waals surface area contributed by atoms with Crippen LogP contribution >= 0.6 is 23.2 Å². The molecule has 1 amide bonds. The van der Waals surface area contributed by atoms with Crippen LogP contribution in [-0.2, 0) is 9.47 Å². The molecule has 6 nitrogen and oxygen atoms in total. The Labute approximate surface area is 174 Å². The van der Waals surface area contributed by atoms with E-state index in [4.69, 9.17) is 32.7 Å². The molecule has 0 spiro atoms. The van der Waals surface area contributed by atoms with Gasteiger partial charge in [0.25, 0.3) is 5.91 Å². The number of rotatable bonds is 8. The topological polar surface area (TPSA) is 80.4 Å². The highest BCUT2D eigenvalue weighted by Gasteiger charge is 2.23. The Morgan fingerprint density at radius 2 is 1.82 bits per heavy atom. The summed E-state index contributed by atoms with van der Waals surface area (Å²) in [7, 11) is 1.53. The van der Waals surface area contributed by atoms with Gasteiger partial charge in [-0.25, -0.2) is 4.79 Å². The van der Waals surface area contributed by atoms with Crippen LogP contribution in [0.2, 0.25) is 10.0 Å². The maximum Gasteiger partial charge on any atom is 0.340 e. The zero-order valence-electron chi connectivity index (χ0n) is 16.3. The highest BCUT2D eigenvalue weighted by molar-refractivity contribution is 6.36. The summed E-state index contributed by atoms with van der Waals surface area (Å²) in [6, 6.07) is 5.31. The van der Waals surface area contributed by atoms with Crippen molar-refractivity contribution in [3.8, 4) is 0 Å². The number of hydrogen-bond donors (Lipinski definition) is 2. The van der Waals surface area contributed by atoms with E-state index in [9.17, 15) is 9.59 Å². The first-order valence-electron chi connectivity index (χ1n) is 8.85. The van der Waals surface area contributed by atoms with Gasteiger partial charge < -0.3 is 19.8 Å². The molecule has 1 aromatic carbocycles. The predicted molar refractivity (Wildman–Crippen MR) is 110 cm³/mol. The number of halogens is 2. The minimum atomic E-state index is -0.487. The van der Waals surface area contributed by atoms with Gasteiger partial charge in [-0.2, -0.15) is 0 Å². The Hall–Kier alpha value is -2.02. The Balaban J connectivity index is 2.09. The molecule has 0 aliphatic rings. The minimum absolute atomic E-state index is 0.0833. The number of H-pyrrole nitrogens is 1. The van der Waals surface area contributed by atoms with Crippen LogP contribution in [0.25, 0.3) is 0 Å². The van der Waals surface area contributed by atoms with E-state index in [1.54, 1.807) is 32.0 Å². The van der Waals surface area contributed by atoms with E-state index in [0.717, 1.165) is 5.56 Å². The largest absolute Gasteiger partial charge is 0.460 e. The van der Waals surface area contributed by atoms with Gasteiger partial charge in [0.05, 0.1) is 12.2 Å². The summed E-state index contributed by atoms with van der Waals surface area (Å²) in [6.45, 7) is 6.16. The summed E-state index contributed by atoms with van der Waals surface area (Å²) in [5.41, 5.74) is 2.60. The Bertz CT molecular complexity index is 844. The molecule has 2 N–H and O–H groups in total. The van der Waals surface area contributed by atoms with Crippen molar-refractivity contribution in [3.63, 3.8) is 0 Å². The fraction of sp³-hybridized carbons (Fsp3) is 0.400. The van der Waals surface area contributed by atoms with Gasteiger partial charge in [0.2, 0.25) is 0 Å². The summed E-state index contributed by atoms with van der Waals surface area (Å²) < 4.78 is 10.0. The lowest BCUT2D eigenvalue weighted by atomic mass is 10.0. The normalized spacial score (nSPS) is 11.9. The van der Waals surface area contributed by atoms with Crippen molar-refractivity contribution in [1.29, 1.82) is 0 Å². The van der Waals surface area contributed by atoms with Crippen LogP contribution in [-0.4, -0.2) is 43.7 Å². The third kappa shape index (κ3) is 5.07. The highest BCUT2D eigenvalue weighted by atomic mass is 35.5. The fourth-order valence-electron chi connectivity index (χ4n) is 2.99. The van der Waals surface area contributed by atoms with E-state index in [1.807, 2.05) is 6.92 Å². The Morgan fingerprint density at radius 3 is 2.43 bits per heavy atom. The minimum Gasteiger partial charge on any atom is -0.460 e. The number of esters is 1. The monoisotopic (exact) mass is 426 g/mol. The number of methoxy groups -OCH3 is 1. The maximum absolute atomic E-state index is 12.6. The van der Waals surface area contributed by atoms with Crippen LogP contribution < -0.4 is 5.32 Å². The molecule has 28 heavy (non-hydrogen) atoms. The molecule has 1 atom stereocenters. The molecular formula is C20H24Cl2N2O4. The second kappa shape index (κ2) is 9.96. The molecule has 0 aliphatic carbocycles. The lowest BCUT2D eigenvalue weighted by molar-refractivity contribution is 0.0387. The lowest BCUT2D eigenvalue weighted by Crippen LogP contribution is -2.28. The van der Waals surface area contributed by atoms with E-state index in [1.165, 1.54) is 7.11 Å². The molecule has 1 heterocycles. The second-order valence-electron chi connectivity index (χ2n) is 6.50. The zero-order chi connectivity index (χ0) is 20.8. The second-order valence-corrected chi connectivity index (χ2v) is 7.31. The molecule has 0 saturated heterocycles. The number of ether oxygens (including phenoxy) is 2. The third-order valence-electron chi connectivity index (χ3n) is 4.45. The van der Waals surface area contributed by atoms with Gasteiger partial charge in [-0.05, 0) is 37.1 Å². The maximum atomic E-state index is 12.6. The van der Waals surface area contributed by atoms with Gasteiger partial charge in [0.1, 0.15) is 12.3 Å². The number of amides is 1. The number of aromatic nitrogens is 1. The lowest BCUT2D eigenvalue weighted by Gasteiger charge is -2.16. The first-order valence-corrected chi connectivity index (χ1v) is 9.60. The van der Waals surface area contributed by atoms with E-state index in [-0.39, 0.29) is 18.4 Å². The number of nitrogens with one attached hydrogen (secondary N) is 2. The summed E-state index contributed by atoms with van der Waals surface area (Å²) in [5.74, 6) is -0.884. The van der Waals surface area contributed by atoms with Crippen LogP contribution in [0, 0.1) is 13.8 Å². The van der Waals surface area contributed by atoms with Crippen molar-refractivity contribution in [1.82, 2.24) is 10.3 Å². The van der Waals surface area contributed by atoms with Gasteiger partial charge in [-0.3, -0.25) is 4.79 Å².